The predicted octanol–water partition coefficient (Wildman–Crippen LogP) is 3.47. The van der Waals surface area contributed by atoms with E-state index < -0.39 is 0 Å². The number of hydrogen-bond donors (Lipinski definition) is 2. The monoisotopic (exact) mass is 270 g/mol. The zero-order chi connectivity index (χ0) is 14.2. The predicted molar refractivity (Wildman–Crippen MR) is 84.0 cm³/mol. The molecule has 1 aromatic carbocycles. The Kier molecular flexibility index (Phi) is 5.35. The summed E-state index contributed by atoms with van der Waals surface area (Å²) in [5, 5.41) is 6.62. The molecule has 0 unspecified atom stereocenters. The van der Waals surface area contributed by atoms with Gasteiger partial charge < -0.3 is 10.6 Å². The van der Waals surface area contributed by atoms with Gasteiger partial charge in [0, 0.05) is 25.6 Å². The molecule has 0 aliphatic heterocycles. The first-order valence-corrected chi connectivity index (χ1v) is 7.21. The topological polar surface area (TPSA) is 49.8 Å². The molecule has 4 heteroatoms. The first kappa shape index (κ1) is 14.3. The smallest absolute Gasteiger partial charge is 0.133 e. The maximum absolute atomic E-state index is 4.56. The molecule has 2 N–H and O–H groups in total. The largest absolute Gasteiger partial charge is 0.370 e. The standard InChI is InChI=1S/C16H22N4/c1-3-8-14-19-15(17-4-2)11-16(20-14)18-12-13-9-6-5-7-10-13/h5-7,9-11H,3-4,8,12H2,1-2H3,(H2,17,18,19,20). The van der Waals surface area contributed by atoms with Crippen LogP contribution in [-0.2, 0) is 13.0 Å². The van der Waals surface area contributed by atoms with Gasteiger partial charge in [-0.25, -0.2) is 9.97 Å². The molecule has 0 spiro atoms. The summed E-state index contributed by atoms with van der Waals surface area (Å²) in [4.78, 5) is 9.06. The van der Waals surface area contributed by atoms with Crippen molar-refractivity contribution in [2.24, 2.45) is 0 Å². The molecule has 1 aromatic heterocycles. The van der Waals surface area contributed by atoms with Crippen LogP contribution in [-0.4, -0.2) is 16.5 Å². The van der Waals surface area contributed by atoms with E-state index in [2.05, 4.69) is 46.6 Å². The van der Waals surface area contributed by atoms with E-state index in [1.807, 2.05) is 24.3 Å². The third-order valence-electron chi connectivity index (χ3n) is 2.92. The number of benzene rings is 1. The Morgan fingerprint density at radius 3 is 2.30 bits per heavy atom. The Hall–Kier alpha value is -2.10. The molecule has 0 atom stereocenters. The van der Waals surface area contributed by atoms with Crippen LogP contribution in [0, 0.1) is 0 Å². The molecule has 0 fully saturated rings. The van der Waals surface area contributed by atoms with E-state index in [1.165, 1.54) is 5.56 Å². The molecule has 4 nitrogen and oxygen atoms in total. The maximum Gasteiger partial charge on any atom is 0.133 e. The lowest BCUT2D eigenvalue weighted by Gasteiger charge is -2.10. The van der Waals surface area contributed by atoms with E-state index in [9.17, 15) is 0 Å². The molecule has 20 heavy (non-hydrogen) atoms. The number of anilines is 2. The fraction of sp³-hybridized carbons (Fsp3) is 0.375. The lowest BCUT2D eigenvalue weighted by molar-refractivity contribution is 0.834. The van der Waals surface area contributed by atoms with Crippen molar-refractivity contribution in [3.05, 3.63) is 47.8 Å². The lowest BCUT2D eigenvalue weighted by Crippen LogP contribution is -2.08. The van der Waals surface area contributed by atoms with E-state index in [0.717, 1.165) is 43.4 Å². The second-order valence-corrected chi connectivity index (χ2v) is 4.67. The van der Waals surface area contributed by atoms with Crippen molar-refractivity contribution < 1.29 is 0 Å². The van der Waals surface area contributed by atoms with Gasteiger partial charge in [0.2, 0.25) is 0 Å². The minimum atomic E-state index is 0.773. The van der Waals surface area contributed by atoms with Gasteiger partial charge >= 0.3 is 0 Å². The van der Waals surface area contributed by atoms with Crippen LogP contribution in [0.4, 0.5) is 11.6 Å². The second kappa shape index (κ2) is 7.48. The van der Waals surface area contributed by atoms with Crippen LogP contribution in [0.5, 0.6) is 0 Å². The molecule has 0 aliphatic rings. The summed E-state index contributed by atoms with van der Waals surface area (Å²) >= 11 is 0. The van der Waals surface area contributed by atoms with E-state index in [4.69, 9.17) is 0 Å². The molecule has 106 valence electrons. The molecule has 2 aromatic rings. The van der Waals surface area contributed by atoms with Crippen molar-refractivity contribution in [1.29, 1.82) is 0 Å². The molecular formula is C16H22N4. The van der Waals surface area contributed by atoms with Gasteiger partial charge in [-0.1, -0.05) is 37.3 Å². The molecule has 0 aliphatic carbocycles. The molecule has 0 saturated heterocycles. The van der Waals surface area contributed by atoms with Crippen molar-refractivity contribution in [2.75, 3.05) is 17.2 Å². The summed E-state index contributed by atoms with van der Waals surface area (Å²) in [6.07, 6.45) is 1.95. The summed E-state index contributed by atoms with van der Waals surface area (Å²) in [6, 6.07) is 12.3. The Morgan fingerprint density at radius 2 is 1.65 bits per heavy atom. The van der Waals surface area contributed by atoms with E-state index in [0.29, 0.717) is 0 Å². The van der Waals surface area contributed by atoms with Crippen LogP contribution >= 0.6 is 0 Å². The van der Waals surface area contributed by atoms with Crippen molar-refractivity contribution >= 4 is 11.6 Å². The Labute approximate surface area is 120 Å². The number of nitrogens with zero attached hydrogens (tertiary/aromatic N) is 2. The number of hydrogen-bond acceptors (Lipinski definition) is 4. The highest BCUT2D eigenvalue weighted by atomic mass is 15.1. The van der Waals surface area contributed by atoms with Crippen molar-refractivity contribution in [2.45, 2.75) is 33.2 Å². The van der Waals surface area contributed by atoms with E-state index in [-0.39, 0.29) is 0 Å². The van der Waals surface area contributed by atoms with Crippen LogP contribution in [0.3, 0.4) is 0 Å². The van der Waals surface area contributed by atoms with Gasteiger partial charge in [0.05, 0.1) is 0 Å². The average Bonchev–Trinajstić information content (AvgIpc) is 2.47. The van der Waals surface area contributed by atoms with E-state index in [1.54, 1.807) is 0 Å². The summed E-state index contributed by atoms with van der Waals surface area (Å²) in [6.45, 7) is 5.84. The van der Waals surface area contributed by atoms with Gasteiger partial charge in [-0.3, -0.25) is 0 Å². The Balaban J connectivity index is 2.09. The van der Waals surface area contributed by atoms with E-state index >= 15 is 0 Å². The van der Waals surface area contributed by atoms with Gasteiger partial charge in [-0.2, -0.15) is 0 Å². The molecule has 0 saturated carbocycles. The normalized spacial score (nSPS) is 10.3. The minimum absolute atomic E-state index is 0.773. The third-order valence-corrected chi connectivity index (χ3v) is 2.92. The van der Waals surface area contributed by atoms with Crippen LogP contribution in [0.1, 0.15) is 31.7 Å². The van der Waals surface area contributed by atoms with Crippen LogP contribution in [0.15, 0.2) is 36.4 Å². The number of aromatic nitrogens is 2. The summed E-state index contributed by atoms with van der Waals surface area (Å²) in [5.41, 5.74) is 1.24. The quantitative estimate of drug-likeness (QED) is 0.809. The molecule has 0 radical (unpaired) electrons. The summed E-state index contributed by atoms with van der Waals surface area (Å²) in [7, 11) is 0. The number of aryl methyl sites for hydroxylation is 1. The summed E-state index contributed by atoms with van der Waals surface area (Å²) in [5.74, 6) is 2.66. The molecule has 0 amide bonds. The van der Waals surface area contributed by atoms with Gasteiger partial charge in [0.25, 0.3) is 0 Å². The maximum atomic E-state index is 4.56. The van der Waals surface area contributed by atoms with Gasteiger partial charge in [0.15, 0.2) is 0 Å². The summed E-state index contributed by atoms with van der Waals surface area (Å²) < 4.78 is 0. The fourth-order valence-corrected chi connectivity index (χ4v) is 1.98. The first-order valence-electron chi connectivity index (χ1n) is 7.21. The average molecular weight is 270 g/mol. The molecule has 1 heterocycles. The Morgan fingerprint density at radius 1 is 0.950 bits per heavy atom. The fourth-order valence-electron chi connectivity index (χ4n) is 1.98. The van der Waals surface area contributed by atoms with Crippen molar-refractivity contribution in [1.82, 2.24) is 9.97 Å². The molecule has 0 bridgehead atoms. The molecule has 2 rings (SSSR count). The SMILES string of the molecule is CCCc1nc(NCC)cc(NCc2ccccc2)n1. The third kappa shape index (κ3) is 4.23. The highest BCUT2D eigenvalue weighted by Gasteiger charge is 2.03. The highest BCUT2D eigenvalue weighted by molar-refractivity contribution is 5.47. The second-order valence-electron chi connectivity index (χ2n) is 4.67. The minimum Gasteiger partial charge on any atom is -0.370 e. The highest BCUT2D eigenvalue weighted by Crippen LogP contribution is 2.13. The van der Waals surface area contributed by atoms with Gasteiger partial charge in [-0.05, 0) is 18.9 Å². The van der Waals surface area contributed by atoms with Crippen LogP contribution < -0.4 is 10.6 Å². The van der Waals surface area contributed by atoms with Crippen LogP contribution in [0.25, 0.3) is 0 Å². The first-order chi connectivity index (χ1) is 9.81. The number of nitrogens with one attached hydrogen (secondary N) is 2. The zero-order valence-electron chi connectivity index (χ0n) is 12.2. The lowest BCUT2D eigenvalue weighted by atomic mass is 10.2. The zero-order valence-corrected chi connectivity index (χ0v) is 12.2. The van der Waals surface area contributed by atoms with Gasteiger partial charge in [-0.15, -0.1) is 0 Å². The van der Waals surface area contributed by atoms with Crippen molar-refractivity contribution in [3.63, 3.8) is 0 Å². The van der Waals surface area contributed by atoms with Crippen molar-refractivity contribution in [3.8, 4) is 0 Å². The van der Waals surface area contributed by atoms with Gasteiger partial charge in [0.1, 0.15) is 17.5 Å². The number of rotatable bonds is 7. The molecular weight excluding hydrogens is 248 g/mol. The Bertz CT molecular complexity index is 501. The van der Waals surface area contributed by atoms with Crippen LogP contribution in [0.2, 0.25) is 0 Å².